The van der Waals surface area contributed by atoms with E-state index in [1.165, 1.54) is 11.3 Å². The molecule has 0 radical (unpaired) electrons. The molecule has 1 aromatic carbocycles. The molecule has 2 unspecified atom stereocenters. The number of imide groups is 1. The highest BCUT2D eigenvalue weighted by Gasteiger charge is 2.37. The molecule has 4 aromatic rings. The molecule has 6 rings (SSSR count). The van der Waals surface area contributed by atoms with Crippen LogP contribution in [0.3, 0.4) is 0 Å². The van der Waals surface area contributed by atoms with Gasteiger partial charge in [0.25, 0.3) is 11.8 Å². The molecule has 35 heavy (non-hydrogen) atoms. The summed E-state index contributed by atoms with van der Waals surface area (Å²) in [5.41, 5.74) is 2.15. The lowest BCUT2D eigenvalue weighted by molar-refractivity contribution is -0.122. The van der Waals surface area contributed by atoms with Gasteiger partial charge in [0.15, 0.2) is 0 Å². The molecular weight excluding hydrogens is 473 g/mol. The Hall–Kier alpha value is -3.99. The van der Waals surface area contributed by atoms with E-state index in [0.29, 0.717) is 28.6 Å². The van der Waals surface area contributed by atoms with Gasteiger partial charge < -0.3 is 15.0 Å². The lowest BCUT2D eigenvalue weighted by Crippen LogP contribution is -2.45. The van der Waals surface area contributed by atoms with Crippen LogP contribution in [-0.2, 0) is 16.1 Å². The van der Waals surface area contributed by atoms with Gasteiger partial charge in [0, 0.05) is 41.5 Å². The highest BCUT2D eigenvalue weighted by molar-refractivity contribution is 7.16. The Kier molecular flexibility index (Phi) is 4.95. The van der Waals surface area contributed by atoms with Crippen LogP contribution < -0.4 is 5.32 Å². The maximum Gasteiger partial charge on any atom is 0.407 e. The lowest BCUT2D eigenvalue weighted by Gasteiger charge is -2.33. The van der Waals surface area contributed by atoms with Crippen LogP contribution in [0.2, 0.25) is 0 Å². The highest BCUT2D eigenvalue weighted by atomic mass is 32.1. The summed E-state index contributed by atoms with van der Waals surface area (Å²) in [6.45, 7) is 0.303. The fourth-order valence-electron chi connectivity index (χ4n) is 5.00. The number of alkyl halides is 1. The molecule has 3 N–H and O–H groups in total. The molecule has 9 nitrogen and oxygen atoms in total. The zero-order chi connectivity index (χ0) is 24.3. The Bertz CT molecular complexity index is 1550. The number of para-hydroxylation sites is 1. The van der Waals surface area contributed by atoms with Gasteiger partial charge in [0.2, 0.25) is 0 Å². The number of halogens is 1. The van der Waals surface area contributed by atoms with Crippen molar-refractivity contribution in [1.82, 2.24) is 25.0 Å². The number of amides is 3. The third-order valence-corrected chi connectivity index (χ3v) is 7.60. The topological polar surface area (TPSA) is 120 Å². The summed E-state index contributed by atoms with van der Waals surface area (Å²) in [5, 5.41) is 19.7. The number of benzene rings is 1. The van der Waals surface area contributed by atoms with Gasteiger partial charge in [-0.25, -0.2) is 9.18 Å². The van der Waals surface area contributed by atoms with Gasteiger partial charge in [0.05, 0.1) is 23.2 Å². The van der Waals surface area contributed by atoms with Gasteiger partial charge in [-0.15, -0.1) is 11.3 Å². The van der Waals surface area contributed by atoms with E-state index >= 15 is 0 Å². The SMILES string of the molecule is O=C1NC(=O)C(c2nn(CC3CCN(C(=O)O)CC3F)c3ccccc23)=C1c1c[nH]c2sccc12. The molecule has 3 aromatic heterocycles. The van der Waals surface area contributed by atoms with Crippen molar-refractivity contribution in [2.45, 2.75) is 19.1 Å². The van der Waals surface area contributed by atoms with E-state index in [9.17, 15) is 18.8 Å². The number of nitrogens with zero attached hydrogens (tertiary/aromatic N) is 3. The number of piperidine rings is 1. The zero-order valence-electron chi connectivity index (χ0n) is 18.3. The molecule has 0 bridgehead atoms. The number of aromatic amines is 1. The number of carbonyl (C=O) groups is 3. The molecule has 0 saturated carbocycles. The van der Waals surface area contributed by atoms with Crippen molar-refractivity contribution >= 4 is 61.5 Å². The van der Waals surface area contributed by atoms with Crippen molar-refractivity contribution in [2.75, 3.05) is 13.1 Å². The molecule has 2 atom stereocenters. The second kappa shape index (κ2) is 8.05. The Labute approximate surface area is 201 Å². The van der Waals surface area contributed by atoms with Crippen LogP contribution >= 0.6 is 11.3 Å². The summed E-state index contributed by atoms with van der Waals surface area (Å²) >= 11 is 1.50. The number of fused-ring (bicyclic) bond motifs is 2. The Morgan fingerprint density at radius 1 is 1.17 bits per heavy atom. The van der Waals surface area contributed by atoms with Crippen molar-refractivity contribution in [3.63, 3.8) is 0 Å². The summed E-state index contributed by atoms with van der Waals surface area (Å²) in [6.07, 6.45) is -0.371. The summed E-state index contributed by atoms with van der Waals surface area (Å²) < 4.78 is 16.5. The van der Waals surface area contributed by atoms with Crippen LogP contribution in [0.5, 0.6) is 0 Å². The van der Waals surface area contributed by atoms with Gasteiger partial charge in [-0.3, -0.25) is 19.6 Å². The van der Waals surface area contributed by atoms with Crippen LogP contribution in [0.15, 0.2) is 41.9 Å². The number of H-pyrrole nitrogens is 1. The summed E-state index contributed by atoms with van der Waals surface area (Å²) in [4.78, 5) is 42.2. The van der Waals surface area contributed by atoms with Gasteiger partial charge in [-0.1, -0.05) is 18.2 Å². The minimum absolute atomic E-state index is 0.178. The Morgan fingerprint density at radius 2 is 1.97 bits per heavy atom. The van der Waals surface area contributed by atoms with E-state index < -0.39 is 30.0 Å². The van der Waals surface area contributed by atoms with E-state index in [1.54, 1.807) is 10.9 Å². The normalized spacial score (nSPS) is 20.9. The van der Waals surface area contributed by atoms with E-state index in [1.807, 2.05) is 35.7 Å². The maximum absolute atomic E-state index is 14.9. The Balaban J connectivity index is 1.45. The van der Waals surface area contributed by atoms with Crippen LogP contribution in [0, 0.1) is 5.92 Å². The average molecular weight is 494 g/mol. The monoisotopic (exact) mass is 493 g/mol. The minimum Gasteiger partial charge on any atom is -0.465 e. The number of nitrogens with one attached hydrogen (secondary N) is 2. The third kappa shape index (κ3) is 3.42. The predicted molar refractivity (Wildman–Crippen MR) is 128 cm³/mol. The molecule has 0 aliphatic carbocycles. The fourth-order valence-corrected chi connectivity index (χ4v) is 5.77. The summed E-state index contributed by atoms with van der Waals surface area (Å²) in [6, 6.07) is 9.22. The number of carbonyl (C=O) groups excluding carboxylic acids is 2. The van der Waals surface area contributed by atoms with Crippen LogP contribution in [0.4, 0.5) is 9.18 Å². The number of thiophene rings is 1. The van der Waals surface area contributed by atoms with E-state index in [-0.39, 0.29) is 30.8 Å². The standard InChI is InChI=1S/C24H20FN5O4S/c25-16-11-29(24(33)34)7-5-12(16)10-30-17-4-2-1-3-14(17)20(28-30)19-18(21(31)27-22(19)32)15-9-26-23-13(15)6-8-35-23/h1-4,6,8-9,12,16,26H,5,7,10-11H2,(H,33,34)(H,27,31,32). The summed E-state index contributed by atoms with van der Waals surface area (Å²) in [7, 11) is 0. The third-order valence-electron chi connectivity index (χ3n) is 6.75. The first-order valence-electron chi connectivity index (χ1n) is 11.1. The summed E-state index contributed by atoms with van der Waals surface area (Å²) in [5.74, 6) is -1.44. The van der Waals surface area contributed by atoms with Crippen molar-refractivity contribution < 1.29 is 23.9 Å². The largest absolute Gasteiger partial charge is 0.465 e. The number of aromatic nitrogens is 3. The molecule has 3 amide bonds. The smallest absolute Gasteiger partial charge is 0.407 e. The molecule has 1 fully saturated rings. The number of hydrogen-bond acceptors (Lipinski definition) is 5. The van der Waals surface area contributed by atoms with Gasteiger partial charge in [0.1, 0.15) is 16.7 Å². The first-order chi connectivity index (χ1) is 16.9. The van der Waals surface area contributed by atoms with Crippen molar-refractivity contribution in [2.24, 2.45) is 5.92 Å². The quantitative estimate of drug-likeness (QED) is 0.376. The number of hydrogen-bond donors (Lipinski definition) is 3. The molecule has 2 aliphatic heterocycles. The van der Waals surface area contributed by atoms with E-state index in [0.717, 1.165) is 15.1 Å². The number of likely N-dealkylation sites (tertiary alicyclic amines) is 1. The minimum atomic E-state index is -1.33. The van der Waals surface area contributed by atoms with Gasteiger partial charge in [-0.2, -0.15) is 5.10 Å². The van der Waals surface area contributed by atoms with Crippen LogP contribution in [0.1, 0.15) is 17.7 Å². The van der Waals surface area contributed by atoms with Crippen LogP contribution in [-0.4, -0.2) is 61.9 Å². The molecule has 2 aliphatic rings. The van der Waals surface area contributed by atoms with E-state index in [4.69, 9.17) is 10.2 Å². The Morgan fingerprint density at radius 3 is 2.77 bits per heavy atom. The fraction of sp³-hybridized carbons (Fsp3) is 0.250. The van der Waals surface area contributed by atoms with Gasteiger partial charge >= 0.3 is 6.09 Å². The first-order valence-corrected chi connectivity index (χ1v) is 12.0. The number of carboxylic acid groups (broad SMARTS) is 1. The first kappa shape index (κ1) is 21.5. The predicted octanol–water partition coefficient (Wildman–Crippen LogP) is 3.48. The molecule has 11 heteroatoms. The van der Waals surface area contributed by atoms with E-state index in [2.05, 4.69) is 10.3 Å². The molecule has 178 valence electrons. The second-order valence-electron chi connectivity index (χ2n) is 8.74. The van der Waals surface area contributed by atoms with Crippen molar-refractivity contribution in [3.8, 4) is 0 Å². The number of rotatable bonds is 4. The second-order valence-corrected chi connectivity index (χ2v) is 9.66. The van der Waals surface area contributed by atoms with Crippen molar-refractivity contribution in [3.05, 3.63) is 53.2 Å². The van der Waals surface area contributed by atoms with Crippen LogP contribution in [0.25, 0.3) is 32.3 Å². The van der Waals surface area contributed by atoms with Gasteiger partial charge in [-0.05, 0) is 23.9 Å². The zero-order valence-corrected chi connectivity index (χ0v) is 19.1. The maximum atomic E-state index is 14.9. The molecule has 5 heterocycles. The average Bonchev–Trinajstić information content (AvgIpc) is 3.58. The molecular formula is C24H20FN5O4S. The highest BCUT2D eigenvalue weighted by Crippen LogP contribution is 2.38. The molecule has 0 spiro atoms. The van der Waals surface area contributed by atoms with Crippen molar-refractivity contribution in [1.29, 1.82) is 0 Å². The molecule has 1 saturated heterocycles. The lowest BCUT2D eigenvalue weighted by atomic mass is 9.95.